The summed E-state index contributed by atoms with van der Waals surface area (Å²) in [5.41, 5.74) is -1.55. The maximum Gasteiger partial charge on any atom is 0.311 e. The molecule has 280 valence electrons. The van der Waals surface area contributed by atoms with Crippen LogP contribution in [0.2, 0.25) is 0 Å². The standard InChI is InChI=1S/C39H70O9/c1-15-29-39(19-43-39)33(41)24(6)31(40)21(3)17-38(13,14)34(48-36-23(5)20(2)16-22(4)44-36)25(7)32(26(8)35(42)46-29)47-30-18-37(11,12)27(9)28(10)45-30/h20-34,36,40-41H,15-19H2,1-14H3/t20-,21+,22+,23+,24-,25-,26+,27-,28-,29+,30?,31-,32-,33+,34+,36?,39+/m0/s1. The van der Waals surface area contributed by atoms with Crippen molar-refractivity contribution in [2.45, 2.75) is 184 Å². The Bertz CT molecular complexity index is 1070. The molecule has 0 bridgehead atoms. The van der Waals surface area contributed by atoms with Crippen LogP contribution in [0.3, 0.4) is 0 Å². The number of epoxide rings is 1. The van der Waals surface area contributed by atoms with Gasteiger partial charge < -0.3 is 38.6 Å². The summed E-state index contributed by atoms with van der Waals surface area (Å²) in [4.78, 5) is 14.2. The molecule has 9 heteroatoms. The summed E-state index contributed by atoms with van der Waals surface area (Å²) < 4.78 is 39.2. The molecule has 0 aromatic heterocycles. The Labute approximate surface area is 291 Å². The van der Waals surface area contributed by atoms with E-state index < -0.39 is 71.9 Å². The Hall–Kier alpha value is -0.810. The summed E-state index contributed by atoms with van der Waals surface area (Å²) in [5, 5.41) is 23.3. The van der Waals surface area contributed by atoms with Gasteiger partial charge in [0.25, 0.3) is 0 Å². The van der Waals surface area contributed by atoms with Crippen molar-refractivity contribution in [2.24, 2.45) is 52.3 Å². The highest BCUT2D eigenvalue weighted by Crippen LogP contribution is 2.48. The van der Waals surface area contributed by atoms with Crippen molar-refractivity contribution in [3.8, 4) is 0 Å². The molecule has 4 rings (SSSR count). The van der Waals surface area contributed by atoms with Crippen molar-refractivity contribution in [1.82, 2.24) is 0 Å². The molecule has 9 nitrogen and oxygen atoms in total. The van der Waals surface area contributed by atoms with Crippen molar-refractivity contribution in [1.29, 1.82) is 0 Å². The van der Waals surface area contributed by atoms with Gasteiger partial charge in [0.1, 0.15) is 6.10 Å². The predicted molar refractivity (Wildman–Crippen MR) is 185 cm³/mol. The van der Waals surface area contributed by atoms with Crippen LogP contribution in [-0.2, 0) is 33.2 Å². The molecule has 2 unspecified atom stereocenters. The first kappa shape index (κ1) is 40.0. The van der Waals surface area contributed by atoms with Gasteiger partial charge in [0, 0.05) is 24.2 Å². The van der Waals surface area contributed by atoms with Gasteiger partial charge in [-0.05, 0) is 68.6 Å². The van der Waals surface area contributed by atoms with Gasteiger partial charge in [0.2, 0.25) is 0 Å². The molecule has 2 N–H and O–H groups in total. The minimum atomic E-state index is -1.04. The summed E-state index contributed by atoms with van der Waals surface area (Å²) in [7, 11) is 0. The van der Waals surface area contributed by atoms with E-state index in [2.05, 4.69) is 69.2 Å². The number of aliphatic hydroxyl groups excluding tert-OH is 2. The first-order valence-corrected chi connectivity index (χ1v) is 19.0. The van der Waals surface area contributed by atoms with Crippen molar-refractivity contribution in [3.05, 3.63) is 0 Å². The van der Waals surface area contributed by atoms with Crippen LogP contribution in [0.15, 0.2) is 0 Å². The second-order valence-electron chi connectivity index (χ2n) is 18.0. The number of rotatable bonds is 5. The molecule has 4 aliphatic heterocycles. The normalized spacial score (nSPS) is 50.4. The quantitative estimate of drug-likeness (QED) is 0.240. The van der Waals surface area contributed by atoms with E-state index in [-0.39, 0.29) is 42.0 Å². The van der Waals surface area contributed by atoms with E-state index >= 15 is 0 Å². The van der Waals surface area contributed by atoms with Gasteiger partial charge in [-0.3, -0.25) is 4.79 Å². The number of esters is 1. The van der Waals surface area contributed by atoms with Gasteiger partial charge in [0.15, 0.2) is 18.2 Å². The summed E-state index contributed by atoms with van der Waals surface area (Å²) in [5.74, 6) is -1.10. The second kappa shape index (κ2) is 15.0. The third-order valence-electron chi connectivity index (χ3n) is 13.2. The van der Waals surface area contributed by atoms with Crippen molar-refractivity contribution >= 4 is 5.97 Å². The number of cyclic esters (lactones) is 1. The minimum Gasteiger partial charge on any atom is -0.459 e. The van der Waals surface area contributed by atoms with Gasteiger partial charge in [-0.25, -0.2) is 0 Å². The van der Waals surface area contributed by atoms with Crippen LogP contribution in [0.4, 0.5) is 0 Å². The molecule has 0 amide bonds. The zero-order valence-electron chi connectivity index (χ0n) is 32.5. The van der Waals surface area contributed by atoms with Gasteiger partial charge in [-0.1, -0.05) is 76.2 Å². The molecule has 17 atom stereocenters. The molecule has 0 aliphatic carbocycles. The van der Waals surface area contributed by atoms with Gasteiger partial charge >= 0.3 is 5.97 Å². The highest BCUT2D eigenvalue weighted by atomic mass is 16.7. The third kappa shape index (κ3) is 8.13. The van der Waals surface area contributed by atoms with E-state index in [9.17, 15) is 15.0 Å². The van der Waals surface area contributed by atoms with E-state index in [0.29, 0.717) is 31.1 Å². The van der Waals surface area contributed by atoms with Crippen LogP contribution in [0.5, 0.6) is 0 Å². The van der Waals surface area contributed by atoms with E-state index in [1.807, 2.05) is 27.7 Å². The first-order valence-electron chi connectivity index (χ1n) is 19.0. The predicted octanol–water partition coefficient (Wildman–Crippen LogP) is 6.75. The highest BCUT2D eigenvalue weighted by Gasteiger charge is 2.61. The zero-order chi connectivity index (χ0) is 36.1. The molecule has 1 spiro atoms. The Morgan fingerprint density at radius 1 is 0.812 bits per heavy atom. The molecule has 4 aliphatic rings. The Morgan fingerprint density at radius 2 is 1.44 bits per heavy atom. The van der Waals surface area contributed by atoms with Gasteiger partial charge in [0.05, 0.1) is 49.1 Å². The number of hydrogen-bond acceptors (Lipinski definition) is 9. The summed E-state index contributed by atoms with van der Waals surface area (Å²) >= 11 is 0. The molecular weight excluding hydrogens is 612 g/mol. The minimum absolute atomic E-state index is 0.0140. The van der Waals surface area contributed by atoms with E-state index in [4.69, 9.17) is 28.4 Å². The first-order chi connectivity index (χ1) is 22.2. The lowest BCUT2D eigenvalue weighted by Crippen LogP contribution is -2.55. The summed E-state index contributed by atoms with van der Waals surface area (Å²) in [6.07, 6.45) is -1.66. The fraction of sp³-hybridized carbons (Fsp3) is 0.974. The topological polar surface area (TPSA) is 116 Å². The lowest BCUT2D eigenvalue weighted by atomic mass is 9.69. The number of hydrogen-bond donors (Lipinski definition) is 2. The highest BCUT2D eigenvalue weighted by molar-refractivity contribution is 5.73. The molecule has 48 heavy (non-hydrogen) atoms. The number of carbonyl (C=O) groups excluding carboxylic acids is 1. The van der Waals surface area contributed by atoms with E-state index in [1.54, 1.807) is 0 Å². The molecule has 4 saturated heterocycles. The largest absolute Gasteiger partial charge is 0.459 e. The molecule has 4 fully saturated rings. The van der Waals surface area contributed by atoms with Gasteiger partial charge in [-0.15, -0.1) is 0 Å². The van der Waals surface area contributed by atoms with Crippen molar-refractivity contribution in [3.63, 3.8) is 0 Å². The summed E-state index contributed by atoms with van der Waals surface area (Å²) in [6, 6.07) is 0. The fourth-order valence-corrected chi connectivity index (χ4v) is 9.27. The van der Waals surface area contributed by atoms with Crippen LogP contribution in [0.25, 0.3) is 0 Å². The third-order valence-corrected chi connectivity index (χ3v) is 13.2. The second-order valence-corrected chi connectivity index (χ2v) is 18.0. The van der Waals surface area contributed by atoms with Crippen LogP contribution in [0, 0.1) is 52.3 Å². The number of ether oxygens (including phenoxy) is 6. The monoisotopic (exact) mass is 683 g/mol. The van der Waals surface area contributed by atoms with Gasteiger partial charge in [-0.2, -0.15) is 0 Å². The zero-order valence-corrected chi connectivity index (χ0v) is 32.5. The molecule has 0 saturated carbocycles. The Balaban J connectivity index is 1.78. The average molecular weight is 683 g/mol. The molecule has 4 heterocycles. The lowest BCUT2D eigenvalue weighted by molar-refractivity contribution is -0.294. The molecule has 0 aromatic carbocycles. The smallest absolute Gasteiger partial charge is 0.311 e. The maximum atomic E-state index is 14.2. The van der Waals surface area contributed by atoms with Crippen LogP contribution in [0.1, 0.15) is 123 Å². The average Bonchev–Trinajstić information content (AvgIpc) is 3.81. The Kier molecular flexibility index (Phi) is 12.5. The Morgan fingerprint density at radius 3 is 2.00 bits per heavy atom. The van der Waals surface area contributed by atoms with Crippen LogP contribution in [-0.4, -0.2) is 83.7 Å². The SMILES string of the molecule is CC[C@H]1OC(=O)[C@H](C)[C@@H](OC2CC(C)(C)[C@@H](C)[C@H](C)O2)[C@H](C)[C@@H](OC2O[C@H](C)C[C@H](C)[C@H]2C)C(C)(C)C[C@@H](C)[C@H](O)[C@H](C)[C@@H](O)[C@@]12CO2. The molecular formula is C39H70O9. The van der Waals surface area contributed by atoms with E-state index in [0.717, 1.165) is 6.42 Å². The van der Waals surface area contributed by atoms with Crippen molar-refractivity contribution in [2.75, 3.05) is 6.61 Å². The lowest BCUT2D eigenvalue weighted by Gasteiger charge is -2.49. The fourth-order valence-electron chi connectivity index (χ4n) is 9.27. The molecule has 0 radical (unpaired) electrons. The van der Waals surface area contributed by atoms with Crippen LogP contribution >= 0.6 is 0 Å². The van der Waals surface area contributed by atoms with Crippen LogP contribution < -0.4 is 0 Å². The number of aliphatic hydroxyl groups is 2. The molecule has 0 aromatic rings. The number of carbonyl (C=O) groups is 1. The maximum absolute atomic E-state index is 14.2. The van der Waals surface area contributed by atoms with Crippen molar-refractivity contribution < 1.29 is 43.4 Å². The van der Waals surface area contributed by atoms with E-state index in [1.165, 1.54) is 0 Å². The summed E-state index contributed by atoms with van der Waals surface area (Å²) in [6.45, 7) is 29.8.